The fraction of sp³-hybridized carbons (Fsp3) is 0.548. The topological polar surface area (TPSA) is 88.3 Å². The molecular weight excluding hydrogens is 508 g/mol. The lowest BCUT2D eigenvalue weighted by atomic mass is 9.81. The van der Waals surface area contributed by atoms with Gasteiger partial charge in [0, 0.05) is 29.6 Å². The Balaban J connectivity index is 1.20. The highest BCUT2D eigenvalue weighted by Gasteiger charge is 2.54. The summed E-state index contributed by atoms with van der Waals surface area (Å²) in [6, 6.07) is 9.00. The van der Waals surface area contributed by atoms with Gasteiger partial charge < -0.3 is 14.4 Å². The van der Waals surface area contributed by atoms with E-state index in [1.54, 1.807) is 11.3 Å². The van der Waals surface area contributed by atoms with E-state index in [0.717, 1.165) is 67.3 Å². The van der Waals surface area contributed by atoms with Crippen molar-refractivity contribution in [1.29, 1.82) is 5.26 Å². The number of carbonyl (C=O) groups excluding carboxylic acids is 1. The summed E-state index contributed by atoms with van der Waals surface area (Å²) in [4.78, 5) is 15.0. The highest BCUT2D eigenvalue weighted by molar-refractivity contribution is 7.15. The van der Waals surface area contributed by atoms with E-state index in [-0.39, 0.29) is 34.9 Å². The summed E-state index contributed by atoms with van der Waals surface area (Å²) in [5, 5.41) is 20.6. The molecule has 1 aliphatic heterocycles. The van der Waals surface area contributed by atoms with Crippen molar-refractivity contribution in [3.63, 3.8) is 0 Å². The molecule has 4 aliphatic rings. The van der Waals surface area contributed by atoms with Crippen LogP contribution in [0.4, 0.5) is 0 Å². The maximum Gasteiger partial charge on any atom is 0.313 e. The third-order valence-electron chi connectivity index (χ3n) is 8.78. The Labute approximate surface area is 234 Å². The molecule has 6 rings (SSSR count). The van der Waals surface area contributed by atoms with Crippen molar-refractivity contribution in [2.45, 2.75) is 70.5 Å². The summed E-state index contributed by atoms with van der Waals surface area (Å²) >= 11 is 1.59. The number of nitriles is 1. The number of esters is 1. The molecule has 2 heterocycles. The van der Waals surface area contributed by atoms with Gasteiger partial charge in [-0.1, -0.05) is 47.8 Å². The zero-order valence-electron chi connectivity index (χ0n) is 23.0. The normalized spacial score (nSPS) is 27.0. The van der Waals surface area contributed by atoms with E-state index < -0.39 is 0 Å². The average Bonchev–Trinajstić information content (AvgIpc) is 3.25. The summed E-state index contributed by atoms with van der Waals surface area (Å²) in [7, 11) is 0. The Kier molecular flexibility index (Phi) is 6.95. The quantitative estimate of drug-likeness (QED) is 0.415. The number of ether oxygens (including phenoxy) is 2. The van der Waals surface area contributed by atoms with Crippen LogP contribution in [0.15, 0.2) is 36.4 Å². The number of likely N-dealkylation sites (tertiary alicyclic amines) is 1. The molecule has 1 spiro atoms. The highest BCUT2D eigenvalue weighted by Crippen LogP contribution is 2.52. The van der Waals surface area contributed by atoms with Crippen LogP contribution in [-0.2, 0) is 26.1 Å². The van der Waals surface area contributed by atoms with Gasteiger partial charge in [0.1, 0.15) is 10.0 Å². The molecule has 1 aromatic heterocycles. The standard InChI is InChI=1S/C31H36N4O3S/c1-4-37-29(36)31(12-13-31)19-35-15-14-30(18-35)11-10-23-24(6-5-7-25(23)30)28-34-33-27(39-28)21-8-9-26(38-20(2)3)22(16-21)17-32/h5-9,16,20,22,26H,4,10-15,18-19H2,1-3H3. The number of allylic oxidation sites excluding steroid dienone is 2. The van der Waals surface area contributed by atoms with E-state index >= 15 is 0 Å². The minimum absolute atomic E-state index is 0.0147. The first-order valence-electron chi connectivity index (χ1n) is 14.2. The lowest BCUT2D eigenvalue weighted by molar-refractivity contribution is -0.150. The van der Waals surface area contributed by atoms with E-state index in [0.29, 0.717) is 6.61 Å². The molecule has 2 fully saturated rings. The number of rotatable bonds is 8. The molecule has 3 aliphatic carbocycles. The van der Waals surface area contributed by atoms with Gasteiger partial charge in [0.15, 0.2) is 0 Å². The molecule has 0 amide bonds. The summed E-state index contributed by atoms with van der Waals surface area (Å²) in [6.45, 7) is 9.14. The summed E-state index contributed by atoms with van der Waals surface area (Å²) < 4.78 is 11.3. The molecule has 2 aromatic rings. The van der Waals surface area contributed by atoms with Crippen LogP contribution in [0.1, 0.15) is 62.6 Å². The molecule has 1 aromatic carbocycles. The van der Waals surface area contributed by atoms with E-state index in [1.807, 2.05) is 39.0 Å². The molecule has 8 heteroatoms. The van der Waals surface area contributed by atoms with Gasteiger partial charge in [-0.05, 0) is 70.5 Å². The zero-order valence-corrected chi connectivity index (χ0v) is 23.8. The van der Waals surface area contributed by atoms with Gasteiger partial charge in [0.25, 0.3) is 0 Å². The molecule has 0 radical (unpaired) electrons. The molecule has 3 atom stereocenters. The van der Waals surface area contributed by atoms with Gasteiger partial charge in [0.05, 0.1) is 36.2 Å². The SMILES string of the molecule is CCOC(=O)C1(CN2CCC3(CCc4c(-c5nnc(C6=CC(C#N)C(OC(C)C)C=C6)s5)cccc43)C2)CC1. The van der Waals surface area contributed by atoms with Crippen LogP contribution >= 0.6 is 11.3 Å². The molecule has 0 N–H and O–H groups in total. The first-order chi connectivity index (χ1) is 18.9. The molecule has 204 valence electrons. The Morgan fingerprint density at radius 3 is 2.79 bits per heavy atom. The van der Waals surface area contributed by atoms with Gasteiger partial charge in [-0.2, -0.15) is 5.26 Å². The number of hydrogen-bond acceptors (Lipinski definition) is 8. The van der Waals surface area contributed by atoms with Gasteiger partial charge in [-0.15, -0.1) is 10.2 Å². The van der Waals surface area contributed by atoms with Crippen LogP contribution < -0.4 is 0 Å². The first-order valence-corrected chi connectivity index (χ1v) is 15.0. The number of fused-ring (bicyclic) bond motifs is 2. The lowest BCUT2D eigenvalue weighted by Crippen LogP contribution is -2.36. The van der Waals surface area contributed by atoms with Crippen molar-refractivity contribution in [1.82, 2.24) is 15.1 Å². The average molecular weight is 545 g/mol. The molecule has 0 bridgehead atoms. The summed E-state index contributed by atoms with van der Waals surface area (Å²) in [6.07, 6.45) is 10.9. The smallest absolute Gasteiger partial charge is 0.313 e. The third-order valence-corrected chi connectivity index (χ3v) is 9.79. The fourth-order valence-electron chi connectivity index (χ4n) is 6.67. The van der Waals surface area contributed by atoms with Crippen molar-refractivity contribution in [3.05, 3.63) is 52.6 Å². The van der Waals surface area contributed by atoms with Crippen LogP contribution in [0.2, 0.25) is 0 Å². The minimum atomic E-state index is -0.343. The van der Waals surface area contributed by atoms with E-state index in [9.17, 15) is 10.1 Å². The van der Waals surface area contributed by atoms with Gasteiger partial charge >= 0.3 is 5.97 Å². The van der Waals surface area contributed by atoms with Crippen molar-refractivity contribution < 1.29 is 14.3 Å². The Morgan fingerprint density at radius 2 is 2.05 bits per heavy atom. The maximum absolute atomic E-state index is 12.5. The van der Waals surface area contributed by atoms with Crippen LogP contribution in [0, 0.1) is 22.7 Å². The van der Waals surface area contributed by atoms with Gasteiger partial charge in [0.2, 0.25) is 0 Å². The van der Waals surface area contributed by atoms with E-state index in [4.69, 9.17) is 9.47 Å². The van der Waals surface area contributed by atoms with Crippen LogP contribution in [0.5, 0.6) is 0 Å². The largest absolute Gasteiger partial charge is 0.466 e. The Morgan fingerprint density at radius 1 is 1.23 bits per heavy atom. The number of aromatic nitrogens is 2. The second-order valence-corrected chi connectivity index (χ2v) is 12.7. The second kappa shape index (κ2) is 10.3. The molecule has 1 saturated carbocycles. The van der Waals surface area contributed by atoms with Crippen molar-refractivity contribution in [2.24, 2.45) is 11.3 Å². The number of nitrogens with zero attached hydrogens (tertiary/aromatic N) is 4. The number of hydrogen-bond donors (Lipinski definition) is 0. The second-order valence-electron chi connectivity index (χ2n) is 11.8. The number of benzene rings is 1. The van der Waals surface area contributed by atoms with Crippen molar-refractivity contribution in [2.75, 3.05) is 26.2 Å². The molecular formula is C31H36N4O3S. The predicted molar refractivity (Wildman–Crippen MR) is 151 cm³/mol. The summed E-state index contributed by atoms with van der Waals surface area (Å²) in [5.41, 5.74) is 4.80. The Hall–Kier alpha value is -2.86. The fourth-order valence-corrected chi connectivity index (χ4v) is 7.57. The summed E-state index contributed by atoms with van der Waals surface area (Å²) in [5.74, 6) is -0.358. The number of carbonyl (C=O) groups is 1. The van der Waals surface area contributed by atoms with Crippen LogP contribution in [0.25, 0.3) is 16.1 Å². The van der Waals surface area contributed by atoms with Gasteiger partial charge in [-0.3, -0.25) is 4.79 Å². The molecule has 7 nitrogen and oxygen atoms in total. The van der Waals surface area contributed by atoms with Crippen LogP contribution in [-0.4, -0.2) is 59.5 Å². The van der Waals surface area contributed by atoms with Crippen molar-refractivity contribution in [3.8, 4) is 16.6 Å². The molecule has 39 heavy (non-hydrogen) atoms. The van der Waals surface area contributed by atoms with Crippen molar-refractivity contribution >= 4 is 22.9 Å². The van der Waals surface area contributed by atoms with E-state index in [1.165, 1.54) is 16.7 Å². The predicted octanol–water partition coefficient (Wildman–Crippen LogP) is 5.32. The monoisotopic (exact) mass is 544 g/mol. The minimum Gasteiger partial charge on any atom is -0.466 e. The van der Waals surface area contributed by atoms with Gasteiger partial charge in [-0.25, -0.2) is 0 Å². The first kappa shape index (κ1) is 26.4. The maximum atomic E-state index is 12.5. The van der Waals surface area contributed by atoms with E-state index in [2.05, 4.69) is 39.4 Å². The zero-order chi connectivity index (χ0) is 27.2. The van der Waals surface area contributed by atoms with Crippen LogP contribution in [0.3, 0.4) is 0 Å². The Bertz CT molecular complexity index is 1370. The molecule has 1 saturated heterocycles. The highest BCUT2D eigenvalue weighted by atomic mass is 32.1. The third kappa shape index (κ3) is 4.86. The lowest BCUT2D eigenvalue weighted by Gasteiger charge is -2.27. The molecule has 3 unspecified atom stereocenters.